The molecule has 1 spiro atoms. The molecule has 268 valence electrons. The zero-order valence-electron chi connectivity index (χ0n) is 34.8. The van der Waals surface area contributed by atoms with E-state index in [1.54, 1.807) is 16.0 Å². The van der Waals surface area contributed by atoms with E-state index in [9.17, 15) is 0 Å². The van der Waals surface area contributed by atoms with Gasteiger partial charge in [0.15, 0.2) is 0 Å². The Morgan fingerprint density at radius 3 is 1.30 bits per heavy atom. The van der Waals surface area contributed by atoms with Crippen LogP contribution >= 0.6 is 0 Å². The zero-order valence-corrected chi connectivity index (χ0v) is 40.8. The van der Waals surface area contributed by atoms with E-state index in [0.717, 1.165) is 0 Å². The molecule has 50 heavy (non-hydrogen) atoms. The lowest BCUT2D eigenvalue weighted by Crippen LogP contribution is -2.76. The largest absolute Gasteiger partial charge is 0.266 e. The monoisotopic (exact) mass is 765 g/mol. The van der Waals surface area contributed by atoms with Gasteiger partial charge in [-0.25, -0.2) is 0 Å². The van der Waals surface area contributed by atoms with Gasteiger partial charge < -0.3 is 0 Å². The first kappa shape index (κ1) is 38.1. The SMILES string of the molecule is Cc1cccc(C)c1N=C1[Si](c2c3ccccc3cc3ccccc23)(C(C)(C)C)[Si]12C([Si](C)(C)C)([Si](C)(C)C)CCC2([Si](C)(C)C)[Si](C)(C)C. The van der Waals surface area contributed by atoms with E-state index in [0.29, 0.717) is 8.57 Å². The first-order chi connectivity index (χ1) is 22.8. The number of benzene rings is 4. The van der Waals surface area contributed by atoms with Gasteiger partial charge in [0.1, 0.15) is 15.2 Å². The standard InChI is InChI=1S/C43H67NSi6/c1-32-23-22-24-33(2)38(32)44-40-49(41(3,4)5,39-36-27-20-18-25-34(36)31-35-26-19-21-28-37(35)39)50(40)42(45(6,7)8,46(9,10)11)29-30-43(50,47(12,13)14)48(15,16)17/h18-28,31H,29-30H2,1-17H3. The molecule has 0 amide bonds. The summed E-state index contributed by atoms with van der Waals surface area (Å²) in [5, 5.41) is 7.84. The molecular weight excluding hydrogens is 699 g/mol. The van der Waals surface area contributed by atoms with Crippen LogP contribution in [0, 0.1) is 13.8 Å². The summed E-state index contributed by atoms with van der Waals surface area (Å²) in [6.45, 7) is 46.8. The summed E-state index contributed by atoms with van der Waals surface area (Å²) in [6.07, 6.45) is 2.91. The second kappa shape index (κ2) is 11.4. The van der Waals surface area contributed by atoms with Gasteiger partial charge in [0.25, 0.3) is 0 Å². The summed E-state index contributed by atoms with van der Waals surface area (Å²) in [5.41, 5.74) is 4.00. The third-order valence-corrected chi connectivity index (χ3v) is 71.9. The molecule has 2 aliphatic heterocycles. The summed E-state index contributed by atoms with van der Waals surface area (Å²) < 4.78 is 0.890. The van der Waals surface area contributed by atoms with E-state index < -0.39 is 47.5 Å². The molecule has 7 heteroatoms. The topological polar surface area (TPSA) is 12.4 Å². The van der Waals surface area contributed by atoms with E-state index >= 15 is 0 Å². The molecular formula is C43H67NSi6. The Labute approximate surface area is 311 Å². The first-order valence-electron chi connectivity index (χ1n) is 19.4. The molecule has 6 rings (SSSR count). The minimum absolute atomic E-state index is 0.112. The van der Waals surface area contributed by atoms with Gasteiger partial charge in [0, 0.05) is 32.3 Å². The van der Waals surface area contributed by atoms with Crippen LogP contribution in [0.1, 0.15) is 44.7 Å². The molecule has 2 heterocycles. The molecule has 4 aromatic rings. The highest BCUT2D eigenvalue weighted by atomic mass is 29.3. The van der Waals surface area contributed by atoms with Gasteiger partial charge in [-0.1, -0.05) is 179 Å². The van der Waals surface area contributed by atoms with E-state index in [4.69, 9.17) is 4.99 Å². The molecule has 0 N–H and O–H groups in total. The van der Waals surface area contributed by atoms with Crippen molar-refractivity contribution < 1.29 is 0 Å². The van der Waals surface area contributed by atoms with Gasteiger partial charge in [-0.05, 0) is 76.3 Å². The Balaban J connectivity index is 2.06. The number of para-hydroxylation sites is 1. The van der Waals surface area contributed by atoms with Crippen molar-refractivity contribution in [1.29, 1.82) is 0 Å². The molecule has 2 saturated heterocycles. The van der Waals surface area contributed by atoms with Crippen LogP contribution in [0.2, 0.25) is 92.2 Å². The molecule has 0 aromatic heterocycles. The number of aryl methyl sites for hydroxylation is 2. The van der Waals surface area contributed by atoms with Crippen molar-refractivity contribution >= 4 is 84.9 Å². The van der Waals surface area contributed by atoms with Crippen LogP contribution in [0.3, 0.4) is 0 Å². The van der Waals surface area contributed by atoms with E-state index in [1.165, 1.54) is 40.4 Å². The van der Waals surface area contributed by atoms with E-state index in [2.05, 4.69) is 186 Å². The van der Waals surface area contributed by atoms with Gasteiger partial charge in [-0.3, -0.25) is 4.99 Å². The Morgan fingerprint density at radius 2 is 0.940 bits per heavy atom. The number of hydrogen-bond donors (Lipinski definition) is 0. The molecule has 1 unspecified atom stereocenters. The van der Waals surface area contributed by atoms with Gasteiger partial charge in [-0.15, -0.1) is 0 Å². The molecule has 0 saturated carbocycles. The minimum atomic E-state index is -2.62. The summed E-state index contributed by atoms with van der Waals surface area (Å²) >= 11 is 0. The molecule has 0 radical (unpaired) electrons. The molecule has 2 aliphatic rings. The van der Waals surface area contributed by atoms with Crippen LogP contribution in [0.25, 0.3) is 21.5 Å². The molecule has 1 nitrogen and oxygen atoms in total. The molecule has 4 aromatic carbocycles. The lowest BCUT2D eigenvalue weighted by molar-refractivity contribution is 0.748. The van der Waals surface area contributed by atoms with Crippen LogP contribution in [0.4, 0.5) is 5.69 Å². The van der Waals surface area contributed by atoms with Crippen molar-refractivity contribution in [3.8, 4) is 0 Å². The third kappa shape index (κ3) is 4.52. The molecule has 0 aliphatic carbocycles. The Bertz CT molecular complexity index is 1880. The number of fused-ring (bicyclic) bond motifs is 2. The van der Waals surface area contributed by atoms with Gasteiger partial charge in [-0.2, -0.15) is 0 Å². The van der Waals surface area contributed by atoms with Crippen molar-refractivity contribution in [2.45, 2.75) is 140 Å². The predicted octanol–water partition coefficient (Wildman–Crippen LogP) is 13.2. The highest BCUT2D eigenvalue weighted by Gasteiger charge is 2.99. The lowest BCUT2D eigenvalue weighted by Gasteiger charge is -2.63. The predicted molar refractivity (Wildman–Crippen MR) is 243 cm³/mol. The van der Waals surface area contributed by atoms with Gasteiger partial charge in [0.2, 0.25) is 0 Å². The number of hydrogen-bond acceptors (Lipinski definition) is 1. The fourth-order valence-corrected chi connectivity index (χ4v) is 108. The van der Waals surface area contributed by atoms with E-state index in [1.807, 2.05) is 4.96 Å². The van der Waals surface area contributed by atoms with Crippen molar-refractivity contribution in [3.63, 3.8) is 0 Å². The minimum Gasteiger partial charge on any atom is -0.266 e. The van der Waals surface area contributed by atoms with Crippen molar-refractivity contribution in [2.24, 2.45) is 4.99 Å². The normalized spacial score (nSPS) is 22.9. The average Bonchev–Trinajstić information content (AvgIpc) is 3.37. The lowest BCUT2D eigenvalue weighted by atomic mass is 10.0. The maximum atomic E-state index is 6.49. The maximum absolute atomic E-state index is 6.49. The highest BCUT2D eigenvalue weighted by molar-refractivity contribution is 7.97. The summed E-state index contributed by atoms with van der Waals surface area (Å²) in [5.74, 6) is 0. The fourth-order valence-electron chi connectivity index (χ4n) is 13.8. The second-order valence-electron chi connectivity index (χ2n) is 21.5. The Morgan fingerprint density at radius 1 is 0.560 bits per heavy atom. The summed E-state index contributed by atoms with van der Waals surface area (Å²) in [6, 6.07) is 28.5. The Kier molecular flexibility index (Phi) is 8.72. The number of nitrogens with zero attached hydrogens (tertiary/aromatic N) is 1. The summed E-state index contributed by atoms with van der Waals surface area (Å²) in [7, 11) is -12.4. The van der Waals surface area contributed by atoms with Crippen LogP contribution < -0.4 is 5.19 Å². The van der Waals surface area contributed by atoms with Crippen molar-refractivity contribution in [3.05, 3.63) is 83.9 Å². The second-order valence-corrected chi connectivity index (χ2v) is 58.5. The third-order valence-electron chi connectivity index (χ3n) is 14.4. The molecule has 0 bridgehead atoms. The van der Waals surface area contributed by atoms with Crippen LogP contribution in [0.15, 0.2) is 77.8 Å². The van der Waals surface area contributed by atoms with Crippen LogP contribution in [-0.4, -0.2) is 52.4 Å². The maximum Gasteiger partial charge on any atom is 0.136 e. The van der Waals surface area contributed by atoms with Gasteiger partial charge in [0.05, 0.1) is 5.69 Å². The van der Waals surface area contributed by atoms with Gasteiger partial charge >= 0.3 is 0 Å². The highest BCUT2D eigenvalue weighted by Crippen LogP contribution is 2.86. The number of rotatable bonds is 6. The van der Waals surface area contributed by atoms with Crippen molar-refractivity contribution in [2.75, 3.05) is 0 Å². The smallest absolute Gasteiger partial charge is 0.136 e. The fraction of sp³-hybridized carbons (Fsp3) is 0.512. The summed E-state index contributed by atoms with van der Waals surface area (Å²) in [4.78, 5) is 8.34. The number of aliphatic imine (C=N–C) groups is 1. The van der Waals surface area contributed by atoms with E-state index in [-0.39, 0.29) is 5.04 Å². The molecule has 1 atom stereocenters. The van der Waals surface area contributed by atoms with Crippen molar-refractivity contribution in [1.82, 2.24) is 0 Å². The van der Waals surface area contributed by atoms with Crippen LogP contribution in [-0.2, 0) is 0 Å². The average molecular weight is 767 g/mol. The molecule has 2 fully saturated rings. The van der Waals surface area contributed by atoms with Crippen LogP contribution in [0.5, 0.6) is 0 Å². The first-order valence-corrected chi connectivity index (χ1v) is 38.4. The zero-order chi connectivity index (χ0) is 37.3. The Hall–Kier alpha value is -1.63. The quantitative estimate of drug-likeness (QED) is 0.137.